The van der Waals surface area contributed by atoms with Crippen molar-refractivity contribution in [2.24, 2.45) is 11.7 Å². The molecular weight excluding hydrogens is 983 g/mol. The highest BCUT2D eigenvalue weighted by atomic mass is 16.5. The van der Waals surface area contributed by atoms with Crippen molar-refractivity contribution < 1.29 is 52.6 Å². The summed E-state index contributed by atoms with van der Waals surface area (Å²) < 4.78 is 17.0. The van der Waals surface area contributed by atoms with Gasteiger partial charge in [0.15, 0.2) is 11.5 Å². The van der Waals surface area contributed by atoms with Gasteiger partial charge in [-0.25, -0.2) is 19.6 Å². The average molecular weight is 1050 g/mol. The van der Waals surface area contributed by atoms with Crippen molar-refractivity contribution in [1.29, 1.82) is 0 Å². The number of unbranched alkanes of at least 4 members (excludes halogenated alkanes) is 2. The second-order valence-electron chi connectivity index (χ2n) is 18.3. The van der Waals surface area contributed by atoms with Crippen molar-refractivity contribution in [3.8, 4) is 17.0 Å². The number of morpholine rings is 1. The minimum Gasteiger partial charge on any atom is -0.489 e. The standard InChI is InChI=1S/C52H65N13O11/c1-32(2)45(63-42(66)12-5-4-6-22-65-43(67)17-18-44(65)68)49(70)61-38(11-8-20-56-51(54)72)48(69)59-36-15-13-34(14-16-36)31-75-52(73)58-28-33(3)76-37-10-7-9-35(27-37)39-30-57-47(53)46(60-39)50(71)62-40-29-55-21-19-41(40)64-23-25-74-26-24-64/h7,9-10,13-19,21,27,29-30,32-33,38,45H,4-6,8,11-12,20,22-26,28,31H2,1-3H3,(H2,53,57)(H,58,73)(H,59,69)(H,61,70)(H,62,71)(H,63,66)(H3,54,56,72)/t33?,38-,45-/m0/s1. The average Bonchev–Trinajstić information content (AvgIpc) is 3.73. The number of anilines is 4. The van der Waals surface area contributed by atoms with Crippen LogP contribution >= 0.6 is 0 Å². The SMILES string of the molecule is CC(CNC(=O)OCc1ccc(NC(=O)[C@H](CCCNC(N)=O)NC(=O)[C@@H](NC(=O)CCCCCN2C(=O)C=CC2=O)C(C)C)cc1)Oc1cccc(-c2cnc(N)c(C(=O)Nc3cnccc3N3CCOCC3)n2)c1. The Labute approximate surface area is 439 Å². The number of ether oxygens (including phenoxy) is 3. The van der Waals surface area contributed by atoms with E-state index in [4.69, 9.17) is 25.7 Å². The van der Waals surface area contributed by atoms with Crippen LogP contribution < -0.4 is 53.0 Å². The predicted molar refractivity (Wildman–Crippen MR) is 280 cm³/mol. The summed E-state index contributed by atoms with van der Waals surface area (Å²) >= 11 is 0. The highest BCUT2D eigenvalue weighted by molar-refractivity contribution is 6.13. The van der Waals surface area contributed by atoms with Crippen LogP contribution in [0.4, 0.5) is 32.5 Å². The number of nitrogens with zero attached hydrogens (tertiary/aromatic N) is 5. The first-order chi connectivity index (χ1) is 36.5. The van der Waals surface area contributed by atoms with Crippen molar-refractivity contribution in [2.45, 2.75) is 84.1 Å². The molecule has 1 fully saturated rings. The molecule has 9 amide bonds. The fourth-order valence-electron chi connectivity index (χ4n) is 8.01. The Morgan fingerprint density at radius 2 is 1.59 bits per heavy atom. The number of nitrogens with one attached hydrogen (secondary N) is 6. The molecule has 76 heavy (non-hydrogen) atoms. The van der Waals surface area contributed by atoms with E-state index in [1.165, 1.54) is 18.3 Å². The van der Waals surface area contributed by atoms with Gasteiger partial charge < -0.3 is 62.5 Å². The lowest BCUT2D eigenvalue weighted by molar-refractivity contribution is -0.137. The van der Waals surface area contributed by atoms with Gasteiger partial charge in [0, 0.05) is 62.2 Å². The van der Waals surface area contributed by atoms with E-state index < -0.39 is 48.0 Å². The highest BCUT2D eigenvalue weighted by Gasteiger charge is 2.29. The minimum atomic E-state index is -1.06. The summed E-state index contributed by atoms with van der Waals surface area (Å²) in [7, 11) is 0. The van der Waals surface area contributed by atoms with E-state index in [0.717, 1.165) is 10.6 Å². The van der Waals surface area contributed by atoms with Crippen LogP contribution in [0.2, 0.25) is 0 Å². The summed E-state index contributed by atoms with van der Waals surface area (Å²) in [6, 6.07) is 12.6. The van der Waals surface area contributed by atoms with Gasteiger partial charge in [-0.1, -0.05) is 44.5 Å². The van der Waals surface area contributed by atoms with E-state index in [-0.39, 0.29) is 80.7 Å². The molecule has 0 saturated carbocycles. The lowest BCUT2D eigenvalue weighted by atomic mass is 10.0. The zero-order valence-corrected chi connectivity index (χ0v) is 42.7. The van der Waals surface area contributed by atoms with E-state index in [9.17, 15) is 38.4 Å². The molecule has 1 unspecified atom stereocenters. The van der Waals surface area contributed by atoms with Gasteiger partial charge in [0.25, 0.3) is 17.7 Å². The number of primary amides is 1. The molecule has 0 spiro atoms. The van der Waals surface area contributed by atoms with Crippen molar-refractivity contribution in [2.75, 3.05) is 67.2 Å². The number of carbonyl (C=O) groups excluding carboxylic acids is 8. The van der Waals surface area contributed by atoms with Gasteiger partial charge in [-0.2, -0.15) is 0 Å². The number of hydrogen-bond donors (Lipinski definition) is 8. The molecular formula is C52H65N13O11. The Morgan fingerprint density at radius 1 is 0.842 bits per heavy atom. The summed E-state index contributed by atoms with van der Waals surface area (Å²) in [5.74, 6) is -2.69. The molecule has 0 bridgehead atoms. The summed E-state index contributed by atoms with van der Waals surface area (Å²) in [5.41, 5.74) is 14.5. The van der Waals surface area contributed by atoms with Gasteiger partial charge in [0.2, 0.25) is 17.7 Å². The summed E-state index contributed by atoms with van der Waals surface area (Å²) in [4.78, 5) is 117. The van der Waals surface area contributed by atoms with E-state index in [1.54, 1.807) is 81.7 Å². The Balaban J connectivity index is 0.946. The molecule has 10 N–H and O–H groups in total. The monoisotopic (exact) mass is 1050 g/mol. The van der Waals surface area contributed by atoms with Gasteiger partial charge in [0.05, 0.1) is 49.2 Å². The molecule has 4 heterocycles. The van der Waals surface area contributed by atoms with Gasteiger partial charge in [-0.3, -0.25) is 38.7 Å². The number of aromatic nitrogens is 3. The fraction of sp³-hybridized carbons (Fsp3) is 0.404. The number of nitrogen functional groups attached to an aromatic ring is 1. The normalized spacial score (nSPS) is 14.3. The number of rotatable bonds is 26. The van der Waals surface area contributed by atoms with Crippen LogP contribution in [0.3, 0.4) is 0 Å². The molecule has 2 aromatic heterocycles. The zero-order valence-electron chi connectivity index (χ0n) is 42.7. The number of carbonyl (C=O) groups is 8. The Hall–Kier alpha value is -8.67. The van der Waals surface area contributed by atoms with Crippen LogP contribution in [0.5, 0.6) is 5.75 Å². The molecule has 1 saturated heterocycles. The summed E-state index contributed by atoms with van der Waals surface area (Å²) in [5, 5.41) is 16.3. The number of pyridine rings is 1. The molecule has 0 radical (unpaired) electrons. The zero-order chi connectivity index (χ0) is 54.6. The van der Waals surface area contributed by atoms with Crippen molar-refractivity contribution in [3.05, 3.63) is 96.6 Å². The van der Waals surface area contributed by atoms with Gasteiger partial charge in [-0.15, -0.1) is 0 Å². The number of imide groups is 1. The maximum absolute atomic E-state index is 13.6. The number of benzene rings is 2. The molecule has 0 aliphatic carbocycles. The summed E-state index contributed by atoms with van der Waals surface area (Å²) in [6.07, 6.45) is 8.01. The van der Waals surface area contributed by atoms with Crippen LogP contribution in [0.25, 0.3) is 11.3 Å². The molecule has 24 nitrogen and oxygen atoms in total. The first kappa shape index (κ1) is 56.6. The van der Waals surface area contributed by atoms with E-state index in [1.807, 2.05) is 6.07 Å². The predicted octanol–water partition coefficient (Wildman–Crippen LogP) is 3.40. The number of nitrogens with two attached hydrogens (primary N) is 2. The molecule has 4 aromatic rings. The van der Waals surface area contributed by atoms with E-state index in [0.29, 0.717) is 79.5 Å². The first-order valence-corrected chi connectivity index (χ1v) is 25.0. The van der Waals surface area contributed by atoms with Crippen LogP contribution in [0.15, 0.2) is 85.3 Å². The van der Waals surface area contributed by atoms with Crippen LogP contribution in [0, 0.1) is 5.92 Å². The maximum atomic E-state index is 13.6. The largest absolute Gasteiger partial charge is 0.489 e. The summed E-state index contributed by atoms with van der Waals surface area (Å²) in [6.45, 7) is 8.14. The smallest absolute Gasteiger partial charge is 0.407 e. The van der Waals surface area contributed by atoms with Crippen LogP contribution in [-0.4, -0.2) is 132 Å². The third kappa shape index (κ3) is 17.2. The Bertz CT molecular complexity index is 2720. The van der Waals surface area contributed by atoms with E-state index in [2.05, 4.69) is 51.8 Å². The highest BCUT2D eigenvalue weighted by Crippen LogP contribution is 2.28. The number of alkyl carbamates (subject to hydrolysis) is 1. The molecule has 24 heteroatoms. The van der Waals surface area contributed by atoms with E-state index >= 15 is 0 Å². The molecule has 2 aliphatic heterocycles. The third-order valence-corrected chi connectivity index (χ3v) is 12.1. The van der Waals surface area contributed by atoms with Gasteiger partial charge in [0.1, 0.15) is 30.5 Å². The van der Waals surface area contributed by atoms with Crippen molar-refractivity contribution in [1.82, 2.24) is 41.1 Å². The molecule has 404 valence electrons. The quantitative estimate of drug-likeness (QED) is 0.0330. The Morgan fingerprint density at radius 3 is 2.32 bits per heavy atom. The maximum Gasteiger partial charge on any atom is 0.407 e. The number of amides is 9. The third-order valence-electron chi connectivity index (χ3n) is 12.1. The lowest BCUT2D eigenvalue weighted by Gasteiger charge is -2.30. The fourth-order valence-corrected chi connectivity index (χ4v) is 8.01. The Kier molecular flexibility index (Phi) is 21.0. The topological polar surface area (TPSA) is 334 Å². The van der Waals surface area contributed by atoms with Crippen molar-refractivity contribution in [3.63, 3.8) is 0 Å². The molecule has 6 rings (SSSR count). The molecule has 2 aliphatic rings. The van der Waals surface area contributed by atoms with Crippen LogP contribution in [-0.2, 0) is 40.1 Å². The second kappa shape index (κ2) is 28.1. The minimum absolute atomic E-state index is 0.0482. The number of urea groups is 1. The first-order valence-electron chi connectivity index (χ1n) is 25.0. The van der Waals surface area contributed by atoms with Crippen LogP contribution in [0.1, 0.15) is 75.3 Å². The molecule has 2 aromatic carbocycles. The lowest BCUT2D eigenvalue weighted by Crippen LogP contribution is -2.54. The van der Waals surface area contributed by atoms with Gasteiger partial charge in [-0.05, 0) is 74.4 Å². The number of hydrogen-bond acceptors (Lipinski definition) is 16. The van der Waals surface area contributed by atoms with Crippen molar-refractivity contribution >= 4 is 70.4 Å². The second-order valence-corrected chi connectivity index (χ2v) is 18.3. The molecule has 3 atom stereocenters. The van der Waals surface area contributed by atoms with Gasteiger partial charge >= 0.3 is 12.1 Å².